The number of benzene rings is 1. The summed E-state index contributed by atoms with van der Waals surface area (Å²) in [5.74, 6) is -1.59. The first-order chi connectivity index (χ1) is 8.84. The van der Waals surface area contributed by atoms with Gasteiger partial charge in [0.15, 0.2) is 0 Å². The van der Waals surface area contributed by atoms with Gasteiger partial charge in [-0.2, -0.15) is 0 Å². The smallest absolute Gasteiger partial charge is 0.306 e. The van der Waals surface area contributed by atoms with Crippen LogP contribution in [-0.4, -0.2) is 31.0 Å². The maximum absolute atomic E-state index is 11.4. The number of sulfone groups is 1. The van der Waals surface area contributed by atoms with Crippen molar-refractivity contribution in [3.63, 3.8) is 0 Å². The molecule has 0 saturated carbocycles. The van der Waals surface area contributed by atoms with E-state index in [1.165, 1.54) is 0 Å². The Balaban J connectivity index is 2.68. The van der Waals surface area contributed by atoms with Gasteiger partial charge in [0.05, 0.1) is 11.7 Å². The van der Waals surface area contributed by atoms with Gasteiger partial charge in [0.1, 0.15) is 9.84 Å². The fraction of sp³-hybridized carbons (Fsp3) is 0.500. The third kappa shape index (κ3) is 5.42. The number of hydrogen-bond donors (Lipinski definition) is 1. The Morgan fingerprint density at radius 3 is 2.32 bits per heavy atom. The minimum Gasteiger partial charge on any atom is -0.481 e. The van der Waals surface area contributed by atoms with Crippen molar-refractivity contribution in [2.45, 2.75) is 26.7 Å². The van der Waals surface area contributed by atoms with E-state index in [4.69, 9.17) is 5.11 Å². The summed E-state index contributed by atoms with van der Waals surface area (Å²) in [6, 6.07) is 7.63. The van der Waals surface area contributed by atoms with Crippen LogP contribution in [0.15, 0.2) is 24.3 Å². The van der Waals surface area contributed by atoms with Gasteiger partial charge in [-0.1, -0.05) is 36.8 Å². The molecule has 0 aromatic heterocycles. The van der Waals surface area contributed by atoms with Gasteiger partial charge < -0.3 is 5.11 Å². The molecule has 1 rings (SSSR count). The lowest BCUT2D eigenvalue weighted by Gasteiger charge is -2.12. The first-order valence-corrected chi connectivity index (χ1v) is 8.15. The average Bonchev–Trinajstić information content (AvgIpc) is 2.36. The number of rotatable bonds is 7. The fourth-order valence-electron chi connectivity index (χ4n) is 1.79. The highest BCUT2D eigenvalue weighted by molar-refractivity contribution is 7.91. The van der Waals surface area contributed by atoms with Crippen molar-refractivity contribution < 1.29 is 18.3 Å². The van der Waals surface area contributed by atoms with Crippen molar-refractivity contribution in [3.8, 4) is 0 Å². The summed E-state index contributed by atoms with van der Waals surface area (Å²) in [7, 11) is -3.11. The van der Waals surface area contributed by atoms with Gasteiger partial charge in [0, 0.05) is 5.75 Å². The van der Waals surface area contributed by atoms with Gasteiger partial charge in [-0.05, 0) is 25.3 Å². The summed E-state index contributed by atoms with van der Waals surface area (Å²) < 4.78 is 22.9. The number of carboxylic acids is 1. The highest BCUT2D eigenvalue weighted by Gasteiger charge is 2.20. The zero-order valence-electron chi connectivity index (χ0n) is 11.3. The zero-order chi connectivity index (χ0) is 14.5. The van der Waals surface area contributed by atoms with Gasteiger partial charge in [-0.25, -0.2) is 8.42 Å². The second-order valence-corrected chi connectivity index (χ2v) is 7.22. The lowest BCUT2D eigenvalue weighted by atomic mass is 9.96. The fourth-order valence-corrected chi connectivity index (χ4v) is 2.72. The van der Waals surface area contributed by atoms with Crippen LogP contribution in [0.2, 0.25) is 0 Å². The van der Waals surface area contributed by atoms with Crippen molar-refractivity contribution in [3.05, 3.63) is 35.4 Å². The molecule has 0 amide bonds. The van der Waals surface area contributed by atoms with Gasteiger partial charge in [-0.15, -0.1) is 0 Å². The summed E-state index contributed by atoms with van der Waals surface area (Å²) in [6.07, 6.45) is 0.536. The molecule has 0 saturated heterocycles. The van der Waals surface area contributed by atoms with E-state index in [0.29, 0.717) is 6.42 Å². The number of carboxylic acid groups (broad SMARTS) is 1. The molecule has 0 aliphatic rings. The molecule has 0 heterocycles. The second kappa shape index (κ2) is 6.70. The first kappa shape index (κ1) is 15.7. The second-order valence-electron chi connectivity index (χ2n) is 4.75. The van der Waals surface area contributed by atoms with E-state index in [2.05, 4.69) is 0 Å². The third-order valence-electron chi connectivity index (χ3n) is 3.17. The van der Waals surface area contributed by atoms with Crippen LogP contribution in [0.25, 0.3) is 0 Å². The Labute approximate surface area is 114 Å². The molecule has 0 aliphatic carbocycles. The van der Waals surface area contributed by atoms with Crippen LogP contribution >= 0.6 is 0 Å². The van der Waals surface area contributed by atoms with Crippen molar-refractivity contribution in [1.29, 1.82) is 0 Å². The quantitative estimate of drug-likeness (QED) is 0.832. The van der Waals surface area contributed by atoms with Crippen LogP contribution in [0.1, 0.15) is 24.5 Å². The largest absolute Gasteiger partial charge is 0.481 e. The predicted octanol–water partition coefficient (Wildman–Crippen LogP) is 2.06. The Bertz CT molecular complexity index is 517. The van der Waals surface area contributed by atoms with Crippen LogP contribution in [0.4, 0.5) is 0 Å². The van der Waals surface area contributed by atoms with Crippen LogP contribution in [0.3, 0.4) is 0 Å². The SMILES string of the molecule is CCS(=O)(=O)CCC(Cc1ccc(C)cc1)C(=O)O. The summed E-state index contributed by atoms with van der Waals surface area (Å²) in [4.78, 5) is 11.2. The van der Waals surface area contributed by atoms with E-state index in [-0.39, 0.29) is 17.9 Å². The van der Waals surface area contributed by atoms with E-state index in [1.807, 2.05) is 31.2 Å². The van der Waals surface area contributed by atoms with Gasteiger partial charge >= 0.3 is 5.97 Å². The van der Waals surface area contributed by atoms with Crippen LogP contribution < -0.4 is 0 Å². The molecule has 4 nitrogen and oxygen atoms in total. The van der Waals surface area contributed by atoms with E-state index in [9.17, 15) is 13.2 Å². The number of aliphatic carboxylic acids is 1. The maximum atomic E-state index is 11.4. The highest BCUT2D eigenvalue weighted by Crippen LogP contribution is 2.15. The van der Waals surface area contributed by atoms with E-state index >= 15 is 0 Å². The Kier molecular flexibility index (Phi) is 5.54. The van der Waals surface area contributed by atoms with Crippen molar-refractivity contribution in [1.82, 2.24) is 0 Å². The number of hydrogen-bond acceptors (Lipinski definition) is 3. The summed E-state index contributed by atoms with van der Waals surface area (Å²) in [6.45, 7) is 3.54. The molecule has 1 N–H and O–H groups in total. The molecule has 1 aromatic rings. The molecule has 5 heteroatoms. The van der Waals surface area contributed by atoms with Crippen LogP contribution in [0, 0.1) is 12.8 Å². The predicted molar refractivity (Wildman–Crippen MR) is 75.0 cm³/mol. The van der Waals surface area contributed by atoms with Gasteiger partial charge in [0.25, 0.3) is 0 Å². The molecule has 0 fully saturated rings. The third-order valence-corrected chi connectivity index (χ3v) is 4.91. The average molecular weight is 284 g/mol. The van der Waals surface area contributed by atoms with Crippen molar-refractivity contribution >= 4 is 15.8 Å². The molecular weight excluding hydrogens is 264 g/mol. The molecule has 0 bridgehead atoms. The Hall–Kier alpha value is -1.36. The van der Waals surface area contributed by atoms with Gasteiger partial charge in [0.2, 0.25) is 0 Å². The zero-order valence-corrected chi connectivity index (χ0v) is 12.1. The van der Waals surface area contributed by atoms with E-state index < -0.39 is 21.7 Å². The lowest BCUT2D eigenvalue weighted by molar-refractivity contribution is -0.141. The van der Waals surface area contributed by atoms with Crippen molar-refractivity contribution in [2.75, 3.05) is 11.5 Å². The van der Waals surface area contributed by atoms with Gasteiger partial charge in [-0.3, -0.25) is 4.79 Å². The molecule has 106 valence electrons. The van der Waals surface area contributed by atoms with Crippen LogP contribution in [0.5, 0.6) is 0 Å². The molecule has 0 spiro atoms. The molecular formula is C14H20O4S. The molecule has 0 radical (unpaired) electrons. The molecule has 19 heavy (non-hydrogen) atoms. The molecule has 1 unspecified atom stereocenters. The van der Waals surface area contributed by atoms with Crippen molar-refractivity contribution in [2.24, 2.45) is 5.92 Å². The Morgan fingerprint density at radius 1 is 1.26 bits per heavy atom. The molecule has 0 aliphatic heterocycles. The minimum absolute atomic E-state index is 0.0594. The summed E-state index contributed by atoms with van der Waals surface area (Å²) in [5, 5.41) is 9.16. The summed E-state index contributed by atoms with van der Waals surface area (Å²) in [5.41, 5.74) is 2.04. The summed E-state index contributed by atoms with van der Waals surface area (Å²) >= 11 is 0. The number of aryl methyl sites for hydroxylation is 1. The Morgan fingerprint density at radius 2 is 1.84 bits per heavy atom. The minimum atomic E-state index is -3.11. The van der Waals surface area contributed by atoms with E-state index in [0.717, 1.165) is 11.1 Å². The normalized spacial score (nSPS) is 13.2. The topological polar surface area (TPSA) is 71.4 Å². The number of carbonyl (C=O) groups is 1. The highest BCUT2D eigenvalue weighted by atomic mass is 32.2. The monoisotopic (exact) mass is 284 g/mol. The van der Waals surface area contributed by atoms with E-state index in [1.54, 1.807) is 6.92 Å². The standard InChI is InChI=1S/C14H20O4S/c1-3-19(17,18)9-8-13(14(15)16)10-12-6-4-11(2)5-7-12/h4-7,13H,3,8-10H2,1-2H3,(H,15,16). The molecule has 1 aromatic carbocycles. The first-order valence-electron chi connectivity index (χ1n) is 6.33. The lowest BCUT2D eigenvalue weighted by Crippen LogP contribution is -2.21. The molecule has 1 atom stereocenters. The van der Waals surface area contributed by atoms with Crippen LogP contribution in [-0.2, 0) is 21.1 Å². The maximum Gasteiger partial charge on any atom is 0.306 e.